The zero-order chi connectivity index (χ0) is 28.6. The zero-order valence-electron chi connectivity index (χ0n) is 22.8. The van der Waals surface area contributed by atoms with Crippen molar-refractivity contribution in [2.45, 2.75) is 57.3 Å². The van der Waals surface area contributed by atoms with Crippen LogP contribution in [0.1, 0.15) is 68.2 Å². The molecule has 0 saturated heterocycles. The maximum Gasteiger partial charge on any atom is 0.252 e. The van der Waals surface area contributed by atoms with E-state index in [1.54, 1.807) is 12.3 Å². The van der Waals surface area contributed by atoms with Crippen molar-refractivity contribution in [2.24, 2.45) is 11.3 Å². The van der Waals surface area contributed by atoms with Crippen LogP contribution in [0.4, 0.5) is 8.78 Å². The molecular weight excluding hydrogens is 548 g/mol. The molecule has 3 heterocycles. The third-order valence-corrected chi connectivity index (χ3v) is 11.1. The van der Waals surface area contributed by atoms with E-state index in [4.69, 9.17) is 4.98 Å². The third kappa shape index (κ3) is 4.17. The van der Waals surface area contributed by atoms with Gasteiger partial charge in [-0.1, -0.05) is 19.9 Å². The predicted octanol–water partition coefficient (Wildman–Crippen LogP) is 4.36. The molecular formula is C29H29F2N7O2S. The van der Waals surface area contributed by atoms with Crippen LogP contribution in [0.2, 0.25) is 0 Å². The number of benzene rings is 1. The molecule has 41 heavy (non-hydrogen) atoms. The van der Waals surface area contributed by atoms with Crippen LogP contribution in [0.15, 0.2) is 42.9 Å². The zero-order valence-corrected chi connectivity index (χ0v) is 23.6. The Labute approximate surface area is 236 Å². The lowest BCUT2D eigenvalue weighted by molar-refractivity contribution is 0.242. The summed E-state index contributed by atoms with van der Waals surface area (Å²) in [5, 5.41) is 13.3. The topological polar surface area (TPSA) is 116 Å². The second-order valence-corrected chi connectivity index (χ2v) is 14.2. The lowest BCUT2D eigenvalue weighted by Gasteiger charge is -2.37. The molecule has 2 bridgehead atoms. The molecule has 9 nitrogen and oxygen atoms in total. The Morgan fingerprint density at radius 1 is 1.05 bits per heavy atom. The molecule has 212 valence electrons. The number of hydrogen-bond donors (Lipinski definition) is 0. The number of aromatic nitrogens is 7. The van der Waals surface area contributed by atoms with Crippen LogP contribution in [-0.4, -0.2) is 54.9 Å². The van der Waals surface area contributed by atoms with Gasteiger partial charge in [-0.25, -0.2) is 32.2 Å². The summed E-state index contributed by atoms with van der Waals surface area (Å²) in [4.78, 5) is 13.6. The summed E-state index contributed by atoms with van der Waals surface area (Å²) in [6.07, 6.45) is 7.03. The van der Waals surface area contributed by atoms with Crippen molar-refractivity contribution >= 4 is 9.84 Å². The Morgan fingerprint density at radius 2 is 1.83 bits per heavy atom. The highest BCUT2D eigenvalue weighted by Crippen LogP contribution is 2.69. The van der Waals surface area contributed by atoms with Gasteiger partial charge in [0, 0.05) is 12.6 Å². The molecule has 2 atom stereocenters. The molecule has 2 saturated carbocycles. The average molecular weight is 578 g/mol. The molecule has 1 aromatic carbocycles. The monoisotopic (exact) mass is 577 g/mol. The standard InChI is InChI=1S/C29H29F2N7O2S/c1-28(2)19-8-11-29(28,26-18(19)14-22(35-36-26)25-20(30)4-3-5-21(25)31)23-9-12-32-27(34-23)38-16-33-24(37-38)10-13-41(39,40)15-17-6-7-17/h3-5,9,12,14,16-17,19H,6-8,10-11,13,15H2,1-2H3/t19-,29-/m0/s1. The van der Waals surface area contributed by atoms with Gasteiger partial charge < -0.3 is 0 Å². The molecule has 0 unspecified atom stereocenters. The highest BCUT2D eigenvalue weighted by molar-refractivity contribution is 7.91. The highest BCUT2D eigenvalue weighted by atomic mass is 32.2. The van der Waals surface area contributed by atoms with E-state index in [2.05, 4.69) is 39.1 Å². The van der Waals surface area contributed by atoms with Gasteiger partial charge in [0.25, 0.3) is 5.95 Å². The van der Waals surface area contributed by atoms with Crippen LogP contribution in [0.3, 0.4) is 0 Å². The number of rotatable bonds is 8. The average Bonchev–Trinajstić information content (AvgIpc) is 3.46. The largest absolute Gasteiger partial charge is 0.252 e. The van der Waals surface area contributed by atoms with E-state index in [1.807, 2.05) is 6.07 Å². The highest BCUT2D eigenvalue weighted by Gasteiger charge is 2.65. The summed E-state index contributed by atoms with van der Waals surface area (Å²) in [5.74, 6) is 0.0490. The fourth-order valence-corrected chi connectivity index (χ4v) is 8.65. The normalized spacial score (nSPS) is 22.7. The predicted molar refractivity (Wildman–Crippen MR) is 146 cm³/mol. The number of fused-ring (bicyclic) bond motifs is 5. The van der Waals surface area contributed by atoms with Crippen molar-refractivity contribution in [2.75, 3.05) is 11.5 Å². The van der Waals surface area contributed by atoms with Gasteiger partial charge in [0.1, 0.15) is 18.0 Å². The van der Waals surface area contributed by atoms with E-state index in [9.17, 15) is 17.2 Å². The van der Waals surface area contributed by atoms with Gasteiger partial charge in [0.2, 0.25) is 0 Å². The first-order valence-electron chi connectivity index (χ1n) is 13.9. The molecule has 0 spiro atoms. The molecule has 12 heteroatoms. The molecule has 0 amide bonds. The van der Waals surface area contributed by atoms with Gasteiger partial charge in [-0.2, -0.15) is 9.78 Å². The number of nitrogens with zero attached hydrogens (tertiary/aromatic N) is 7. The van der Waals surface area contributed by atoms with Crippen molar-refractivity contribution in [3.05, 3.63) is 77.3 Å². The van der Waals surface area contributed by atoms with E-state index in [1.165, 1.54) is 29.2 Å². The molecule has 4 aromatic rings. The van der Waals surface area contributed by atoms with Crippen LogP contribution in [0, 0.1) is 23.0 Å². The van der Waals surface area contributed by atoms with E-state index in [0.717, 1.165) is 42.6 Å². The van der Waals surface area contributed by atoms with Crippen LogP contribution < -0.4 is 0 Å². The second-order valence-electron chi connectivity index (χ2n) is 12.0. The summed E-state index contributed by atoms with van der Waals surface area (Å²) in [5.41, 5.74) is 1.58. The minimum Gasteiger partial charge on any atom is -0.229 e. The summed E-state index contributed by atoms with van der Waals surface area (Å²) in [7, 11) is -3.14. The van der Waals surface area contributed by atoms with Crippen molar-refractivity contribution in [1.82, 2.24) is 34.9 Å². The fraction of sp³-hybridized carbons (Fsp3) is 0.448. The van der Waals surface area contributed by atoms with Gasteiger partial charge in [-0.15, -0.1) is 10.2 Å². The number of hydrogen-bond acceptors (Lipinski definition) is 8. The minimum absolute atomic E-state index is 0.0152. The lowest BCUT2D eigenvalue weighted by atomic mass is 9.66. The number of sulfone groups is 1. The van der Waals surface area contributed by atoms with Crippen molar-refractivity contribution in [3.8, 4) is 17.2 Å². The van der Waals surface area contributed by atoms with Gasteiger partial charge in [-0.05, 0) is 72.8 Å². The summed E-state index contributed by atoms with van der Waals surface area (Å²) in [6, 6.07) is 7.42. The van der Waals surface area contributed by atoms with Crippen LogP contribution in [-0.2, 0) is 21.7 Å². The Hall–Kier alpha value is -3.67. The molecule has 0 aliphatic heterocycles. The lowest BCUT2D eigenvalue weighted by Crippen LogP contribution is -2.38. The van der Waals surface area contributed by atoms with Gasteiger partial charge in [0.05, 0.1) is 39.6 Å². The first kappa shape index (κ1) is 26.2. The van der Waals surface area contributed by atoms with E-state index in [0.29, 0.717) is 17.7 Å². The SMILES string of the molecule is CC1(C)[C@H]2CC[C@]1(c1ccnc(-n3cnc(CCS(=O)(=O)CC4CC4)n3)n1)c1nnc(-c3c(F)cccc3F)cc12. The summed E-state index contributed by atoms with van der Waals surface area (Å²) >= 11 is 0. The van der Waals surface area contributed by atoms with Crippen molar-refractivity contribution in [3.63, 3.8) is 0 Å². The Kier molecular flexibility index (Phi) is 5.87. The Balaban J connectivity index is 1.22. The third-order valence-electron chi connectivity index (χ3n) is 9.25. The van der Waals surface area contributed by atoms with Crippen molar-refractivity contribution < 1.29 is 17.2 Å². The smallest absolute Gasteiger partial charge is 0.229 e. The van der Waals surface area contributed by atoms with E-state index < -0.39 is 26.9 Å². The van der Waals surface area contributed by atoms with Crippen molar-refractivity contribution in [1.29, 1.82) is 0 Å². The van der Waals surface area contributed by atoms with Gasteiger partial charge in [-0.3, -0.25) is 0 Å². The fourth-order valence-electron chi connectivity index (χ4n) is 6.94. The first-order chi connectivity index (χ1) is 19.6. The molecule has 0 N–H and O–H groups in total. The van der Waals surface area contributed by atoms with Crippen LogP contribution in [0.5, 0.6) is 0 Å². The van der Waals surface area contributed by atoms with Gasteiger partial charge >= 0.3 is 0 Å². The number of halogens is 2. The maximum atomic E-state index is 14.6. The molecule has 0 radical (unpaired) electrons. The van der Waals surface area contributed by atoms with E-state index >= 15 is 0 Å². The molecule has 3 aromatic heterocycles. The van der Waals surface area contributed by atoms with Gasteiger partial charge in [0.15, 0.2) is 15.7 Å². The quantitative estimate of drug-likeness (QED) is 0.303. The van der Waals surface area contributed by atoms with Crippen LogP contribution >= 0.6 is 0 Å². The first-order valence-corrected chi connectivity index (χ1v) is 15.7. The summed E-state index contributed by atoms with van der Waals surface area (Å²) < 4.78 is 55.3. The molecule has 2 fully saturated rings. The molecule has 7 rings (SSSR count). The maximum absolute atomic E-state index is 14.6. The minimum atomic E-state index is -3.14. The van der Waals surface area contributed by atoms with Crippen LogP contribution in [0.25, 0.3) is 17.2 Å². The number of aryl methyl sites for hydroxylation is 1. The molecule has 3 aliphatic rings. The second kappa shape index (κ2) is 9.17. The Bertz CT molecular complexity index is 1770. The summed E-state index contributed by atoms with van der Waals surface area (Å²) in [6.45, 7) is 4.35. The van der Waals surface area contributed by atoms with E-state index in [-0.39, 0.29) is 40.5 Å². The Morgan fingerprint density at radius 3 is 2.59 bits per heavy atom. The molecule has 3 aliphatic carbocycles.